The molecule has 0 saturated heterocycles. The molecule has 0 radical (unpaired) electrons. The van der Waals surface area contributed by atoms with E-state index in [2.05, 4.69) is 9.46 Å². The van der Waals surface area contributed by atoms with Gasteiger partial charge in [0.15, 0.2) is 0 Å². The lowest BCUT2D eigenvalue weighted by Gasteiger charge is -2.10. The van der Waals surface area contributed by atoms with Gasteiger partial charge >= 0.3 is 5.97 Å². The smallest absolute Gasteiger partial charge is 0.340 e. The summed E-state index contributed by atoms with van der Waals surface area (Å²) in [5.41, 5.74) is 1.07. The van der Waals surface area contributed by atoms with Crippen molar-refractivity contribution in [2.24, 2.45) is 0 Å². The number of hydrogen-bond donors (Lipinski definition) is 1. The normalized spacial score (nSPS) is 11.5. The van der Waals surface area contributed by atoms with Crippen LogP contribution in [0.4, 0.5) is 10.1 Å². The molecular weight excluding hydrogens is 333 g/mol. The van der Waals surface area contributed by atoms with Crippen LogP contribution >= 0.6 is 0 Å². The fraction of sp³-hybridized carbons (Fsp3) is 0.118. The molecule has 0 saturated carbocycles. The number of carbonyl (C=O) groups is 1. The van der Waals surface area contributed by atoms with Crippen LogP contribution in [0.15, 0.2) is 47.9 Å². The van der Waals surface area contributed by atoms with Crippen molar-refractivity contribution in [3.8, 4) is 0 Å². The van der Waals surface area contributed by atoms with E-state index in [0.717, 1.165) is 24.1 Å². The number of halogens is 1. The summed E-state index contributed by atoms with van der Waals surface area (Å²) in [6, 6.07) is 10.8. The third kappa shape index (κ3) is 4.42. The SMILES string of the molecule is COC(=O)c1cccc(F)c1NS(=O)(=O)C=Cc1ccc(C)cc1. The van der Waals surface area contributed by atoms with Crippen LogP contribution in [0, 0.1) is 12.7 Å². The molecule has 24 heavy (non-hydrogen) atoms. The summed E-state index contributed by atoms with van der Waals surface area (Å²) >= 11 is 0. The van der Waals surface area contributed by atoms with Crippen molar-refractivity contribution in [3.05, 3.63) is 70.4 Å². The number of ether oxygens (including phenoxy) is 1. The predicted molar refractivity (Wildman–Crippen MR) is 90.5 cm³/mol. The topological polar surface area (TPSA) is 72.5 Å². The van der Waals surface area contributed by atoms with Gasteiger partial charge in [0.2, 0.25) is 0 Å². The third-order valence-corrected chi connectivity index (χ3v) is 4.16. The quantitative estimate of drug-likeness (QED) is 0.841. The number of methoxy groups -OCH3 is 1. The average molecular weight is 349 g/mol. The number of esters is 1. The largest absolute Gasteiger partial charge is 0.465 e. The predicted octanol–water partition coefficient (Wildman–Crippen LogP) is 3.33. The molecule has 0 spiro atoms. The van der Waals surface area contributed by atoms with Gasteiger partial charge in [-0.2, -0.15) is 0 Å². The standard InChI is InChI=1S/C17H16FNO4S/c1-12-6-8-13(9-7-12)10-11-24(21,22)19-16-14(17(20)23-2)4-3-5-15(16)18/h3-11,19H,1-2H3. The molecule has 126 valence electrons. The Morgan fingerprint density at radius 1 is 1.17 bits per heavy atom. The highest BCUT2D eigenvalue weighted by Gasteiger charge is 2.19. The molecule has 5 nitrogen and oxygen atoms in total. The summed E-state index contributed by atoms with van der Waals surface area (Å²) in [6.45, 7) is 1.91. The lowest BCUT2D eigenvalue weighted by atomic mass is 10.2. The maximum atomic E-state index is 13.9. The molecule has 0 aromatic heterocycles. The van der Waals surface area contributed by atoms with Crippen LogP contribution < -0.4 is 4.72 Å². The number of nitrogens with one attached hydrogen (secondary N) is 1. The zero-order chi connectivity index (χ0) is 17.7. The molecule has 0 aliphatic carbocycles. The van der Waals surface area contributed by atoms with Crippen LogP contribution in [0.3, 0.4) is 0 Å². The van der Waals surface area contributed by atoms with Crippen molar-refractivity contribution >= 4 is 27.8 Å². The molecule has 0 amide bonds. The summed E-state index contributed by atoms with van der Waals surface area (Å²) in [5, 5.41) is 0.908. The van der Waals surface area contributed by atoms with E-state index in [4.69, 9.17) is 0 Å². The molecule has 0 aliphatic heterocycles. The Hall–Kier alpha value is -2.67. The minimum absolute atomic E-state index is 0.204. The number of benzene rings is 2. The second-order valence-electron chi connectivity index (χ2n) is 5.01. The second kappa shape index (κ2) is 7.27. The van der Waals surface area contributed by atoms with E-state index in [1.54, 1.807) is 12.1 Å². The van der Waals surface area contributed by atoms with Crippen molar-refractivity contribution in [3.63, 3.8) is 0 Å². The summed E-state index contributed by atoms with van der Waals surface area (Å²) < 4.78 is 44.8. The van der Waals surface area contributed by atoms with E-state index >= 15 is 0 Å². The van der Waals surface area contributed by atoms with Crippen LogP contribution in [0.1, 0.15) is 21.5 Å². The van der Waals surface area contributed by atoms with Crippen LogP contribution in [-0.2, 0) is 14.8 Å². The molecule has 0 aliphatic rings. The van der Waals surface area contributed by atoms with E-state index in [1.165, 1.54) is 18.2 Å². The Labute approximate surface area is 139 Å². The lowest BCUT2D eigenvalue weighted by Crippen LogP contribution is -2.15. The van der Waals surface area contributed by atoms with Crippen molar-refractivity contribution in [1.82, 2.24) is 0 Å². The van der Waals surface area contributed by atoms with Gasteiger partial charge in [-0.05, 0) is 30.7 Å². The number of aryl methyl sites for hydroxylation is 1. The van der Waals surface area contributed by atoms with Gasteiger partial charge in [-0.1, -0.05) is 35.9 Å². The highest BCUT2D eigenvalue weighted by Crippen LogP contribution is 2.22. The first-order chi connectivity index (χ1) is 11.3. The molecule has 0 fully saturated rings. The van der Waals surface area contributed by atoms with Gasteiger partial charge in [-0.15, -0.1) is 0 Å². The van der Waals surface area contributed by atoms with E-state index in [-0.39, 0.29) is 5.56 Å². The lowest BCUT2D eigenvalue weighted by molar-refractivity contribution is 0.0601. The minimum atomic E-state index is -4.01. The first-order valence-corrected chi connectivity index (χ1v) is 8.51. The Balaban J connectivity index is 2.29. The molecule has 0 atom stereocenters. The fourth-order valence-corrected chi connectivity index (χ4v) is 2.83. The highest BCUT2D eigenvalue weighted by molar-refractivity contribution is 7.95. The summed E-state index contributed by atoms with van der Waals surface area (Å²) in [4.78, 5) is 11.6. The molecule has 0 unspecified atom stereocenters. The Morgan fingerprint density at radius 2 is 1.83 bits per heavy atom. The number of hydrogen-bond acceptors (Lipinski definition) is 4. The Bertz CT molecular complexity index is 874. The number of rotatable bonds is 5. The van der Waals surface area contributed by atoms with Gasteiger partial charge in [-0.3, -0.25) is 4.72 Å². The molecule has 1 N–H and O–H groups in total. The fourth-order valence-electron chi connectivity index (χ4n) is 1.93. The molecule has 2 aromatic rings. The van der Waals surface area contributed by atoms with Gasteiger partial charge in [0.1, 0.15) is 5.82 Å². The zero-order valence-corrected chi connectivity index (χ0v) is 13.9. The van der Waals surface area contributed by atoms with Crippen LogP contribution in [0.25, 0.3) is 6.08 Å². The number of sulfonamides is 1. The Morgan fingerprint density at radius 3 is 2.46 bits per heavy atom. The number of para-hydroxylation sites is 1. The zero-order valence-electron chi connectivity index (χ0n) is 13.1. The van der Waals surface area contributed by atoms with E-state index in [1.807, 2.05) is 19.1 Å². The summed E-state index contributed by atoms with van der Waals surface area (Å²) in [6.07, 6.45) is 1.38. The number of anilines is 1. The first-order valence-electron chi connectivity index (χ1n) is 6.97. The molecule has 7 heteroatoms. The highest BCUT2D eigenvalue weighted by atomic mass is 32.2. The second-order valence-corrected chi connectivity index (χ2v) is 6.58. The van der Waals surface area contributed by atoms with Crippen molar-refractivity contribution < 1.29 is 22.3 Å². The van der Waals surface area contributed by atoms with Crippen molar-refractivity contribution in [2.45, 2.75) is 6.92 Å². The molecule has 2 aromatic carbocycles. The summed E-state index contributed by atoms with van der Waals surface area (Å²) in [7, 11) is -2.88. The van der Waals surface area contributed by atoms with E-state index in [9.17, 15) is 17.6 Å². The average Bonchev–Trinajstić information content (AvgIpc) is 2.55. The van der Waals surface area contributed by atoms with Gasteiger partial charge in [0.05, 0.1) is 23.8 Å². The Kier molecular flexibility index (Phi) is 5.35. The van der Waals surface area contributed by atoms with Gasteiger partial charge in [0, 0.05) is 0 Å². The molecule has 2 rings (SSSR count). The maximum Gasteiger partial charge on any atom is 0.340 e. The van der Waals surface area contributed by atoms with Gasteiger partial charge < -0.3 is 4.74 Å². The van der Waals surface area contributed by atoms with Crippen LogP contribution in [0.2, 0.25) is 0 Å². The molecule has 0 heterocycles. The van der Waals surface area contributed by atoms with Crippen molar-refractivity contribution in [1.29, 1.82) is 0 Å². The van der Waals surface area contributed by atoms with Crippen LogP contribution in [0.5, 0.6) is 0 Å². The summed E-state index contributed by atoms with van der Waals surface area (Å²) in [5.74, 6) is -1.71. The van der Waals surface area contributed by atoms with E-state index < -0.39 is 27.5 Å². The first kappa shape index (κ1) is 17.7. The maximum absolute atomic E-state index is 13.9. The van der Waals surface area contributed by atoms with Gasteiger partial charge in [0.25, 0.3) is 10.0 Å². The van der Waals surface area contributed by atoms with E-state index in [0.29, 0.717) is 5.56 Å². The number of carbonyl (C=O) groups excluding carboxylic acids is 1. The monoisotopic (exact) mass is 349 g/mol. The molecular formula is C17H16FNO4S. The molecule has 0 bridgehead atoms. The van der Waals surface area contributed by atoms with Crippen LogP contribution in [-0.4, -0.2) is 21.5 Å². The van der Waals surface area contributed by atoms with Crippen molar-refractivity contribution in [2.75, 3.05) is 11.8 Å². The van der Waals surface area contributed by atoms with Gasteiger partial charge in [-0.25, -0.2) is 17.6 Å². The third-order valence-electron chi connectivity index (χ3n) is 3.18. The minimum Gasteiger partial charge on any atom is -0.465 e.